The van der Waals surface area contributed by atoms with Gasteiger partial charge in [-0.3, -0.25) is 0 Å². The van der Waals surface area contributed by atoms with Crippen molar-refractivity contribution >= 4 is 11.8 Å². The van der Waals surface area contributed by atoms with Crippen LogP contribution in [0.1, 0.15) is 6.92 Å². The highest BCUT2D eigenvalue weighted by Crippen LogP contribution is 2.36. The first-order chi connectivity index (χ1) is 7.19. The van der Waals surface area contributed by atoms with E-state index in [0.717, 1.165) is 10.6 Å². The van der Waals surface area contributed by atoms with E-state index >= 15 is 0 Å². The van der Waals surface area contributed by atoms with Crippen LogP contribution in [0.2, 0.25) is 0 Å². The molecule has 2 N–H and O–H groups in total. The predicted octanol–water partition coefficient (Wildman–Crippen LogP) is 2.12. The first kappa shape index (κ1) is 12.2. The molecule has 0 radical (unpaired) electrons. The lowest BCUT2D eigenvalue weighted by Crippen LogP contribution is -2.03. The number of aromatic hydroxyl groups is 1. The lowest BCUT2D eigenvalue weighted by molar-refractivity contribution is 0.250. The third-order valence-corrected chi connectivity index (χ3v) is 3.39. The number of methoxy groups -OCH3 is 1. The summed E-state index contributed by atoms with van der Waals surface area (Å²) in [6.45, 7) is 2.13. The summed E-state index contributed by atoms with van der Waals surface area (Å²) in [6.07, 6.45) is 0. The van der Waals surface area contributed by atoms with Gasteiger partial charge in [0.15, 0.2) is 11.5 Å². The number of rotatable bonds is 5. The Kier molecular flexibility index (Phi) is 4.78. The van der Waals surface area contributed by atoms with Crippen LogP contribution >= 0.6 is 11.8 Å². The van der Waals surface area contributed by atoms with Gasteiger partial charge in [-0.15, -0.1) is 11.8 Å². The number of ether oxygens (including phenoxy) is 1. The van der Waals surface area contributed by atoms with E-state index in [0.29, 0.717) is 5.75 Å². The topological polar surface area (TPSA) is 49.7 Å². The Labute approximate surface area is 94.1 Å². The molecule has 0 unspecified atom stereocenters. The van der Waals surface area contributed by atoms with Crippen molar-refractivity contribution in [2.24, 2.45) is 5.92 Å². The SMILES string of the molecule is COc1cccc(SC[C@@H](C)CO)c1O. The molecule has 0 saturated carbocycles. The van der Waals surface area contributed by atoms with E-state index in [-0.39, 0.29) is 18.3 Å². The maximum Gasteiger partial charge on any atom is 0.171 e. The van der Waals surface area contributed by atoms with Crippen molar-refractivity contribution in [2.75, 3.05) is 19.5 Å². The predicted molar refractivity (Wildman–Crippen MR) is 61.6 cm³/mol. The fourth-order valence-electron chi connectivity index (χ4n) is 1.07. The van der Waals surface area contributed by atoms with Gasteiger partial charge in [-0.05, 0) is 18.1 Å². The zero-order valence-electron chi connectivity index (χ0n) is 8.93. The van der Waals surface area contributed by atoms with Crippen molar-refractivity contribution in [2.45, 2.75) is 11.8 Å². The quantitative estimate of drug-likeness (QED) is 0.758. The Balaban J connectivity index is 2.68. The van der Waals surface area contributed by atoms with Crippen molar-refractivity contribution in [1.29, 1.82) is 0 Å². The molecule has 0 aromatic heterocycles. The van der Waals surface area contributed by atoms with E-state index in [4.69, 9.17) is 9.84 Å². The number of hydrogen-bond acceptors (Lipinski definition) is 4. The van der Waals surface area contributed by atoms with Gasteiger partial charge in [0.1, 0.15) is 0 Å². The highest BCUT2D eigenvalue weighted by molar-refractivity contribution is 7.99. The Morgan fingerprint density at radius 2 is 2.20 bits per heavy atom. The number of benzene rings is 1. The van der Waals surface area contributed by atoms with Crippen molar-refractivity contribution < 1.29 is 14.9 Å². The number of hydrogen-bond donors (Lipinski definition) is 2. The van der Waals surface area contributed by atoms with Crippen molar-refractivity contribution in [1.82, 2.24) is 0 Å². The number of aliphatic hydroxyl groups is 1. The molecule has 15 heavy (non-hydrogen) atoms. The summed E-state index contributed by atoms with van der Waals surface area (Å²) in [5, 5.41) is 18.6. The molecule has 1 atom stereocenters. The highest BCUT2D eigenvalue weighted by Gasteiger charge is 2.09. The lowest BCUT2D eigenvalue weighted by atomic mass is 10.2. The number of aliphatic hydroxyl groups excluding tert-OH is 1. The van der Waals surface area contributed by atoms with Gasteiger partial charge in [-0.1, -0.05) is 13.0 Å². The minimum Gasteiger partial charge on any atom is -0.503 e. The van der Waals surface area contributed by atoms with Gasteiger partial charge in [0.2, 0.25) is 0 Å². The van der Waals surface area contributed by atoms with Crippen LogP contribution in [0.4, 0.5) is 0 Å². The smallest absolute Gasteiger partial charge is 0.171 e. The molecule has 0 bridgehead atoms. The second-order valence-electron chi connectivity index (χ2n) is 3.41. The molecule has 1 aromatic carbocycles. The number of phenolic OH excluding ortho intramolecular Hbond substituents is 1. The van der Waals surface area contributed by atoms with Gasteiger partial charge in [0.25, 0.3) is 0 Å². The Morgan fingerprint density at radius 1 is 1.47 bits per heavy atom. The number of phenols is 1. The molecule has 0 amide bonds. The van der Waals surface area contributed by atoms with E-state index in [2.05, 4.69) is 0 Å². The third-order valence-electron chi connectivity index (χ3n) is 2.02. The Bertz CT molecular complexity index is 315. The Morgan fingerprint density at radius 3 is 2.80 bits per heavy atom. The monoisotopic (exact) mass is 228 g/mol. The molecule has 84 valence electrons. The third kappa shape index (κ3) is 3.32. The van der Waals surface area contributed by atoms with Crippen molar-refractivity contribution in [3.8, 4) is 11.5 Å². The van der Waals surface area contributed by atoms with Gasteiger partial charge in [-0.25, -0.2) is 0 Å². The van der Waals surface area contributed by atoms with Gasteiger partial charge < -0.3 is 14.9 Å². The van der Waals surface area contributed by atoms with Crippen molar-refractivity contribution in [3.05, 3.63) is 18.2 Å². The standard InChI is InChI=1S/C11H16O3S/c1-8(6-12)7-15-10-5-3-4-9(14-2)11(10)13/h3-5,8,12-13H,6-7H2,1-2H3/t8-/m0/s1. The molecule has 0 heterocycles. The van der Waals surface area contributed by atoms with Crippen LogP contribution in [0.5, 0.6) is 11.5 Å². The summed E-state index contributed by atoms with van der Waals surface area (Å²) < 4.78 is 5.01. The summed E-state index contributed by atoms with van der Waals surface area (Å²) >= 11 is 1.52. The minimum absolute atomic E-state index is 0.164. The summed E-state index contributed by atoms with van der Waals surface area (Å²) in [5.41, 5.74) is 0. The van der Waals surface area contributed by atoms with E-state index < -0.39 is 0 Å². The summed E-state index contributed by atoms with van der Waals surface area (Å²) in [5.74, 6) is 1.66. The molecule has 1 aromatic rings. The molecule has 3 nitrogen and oxygen atoms in total. The molecule has 0 aliphatic heterocycles. The zero-order valence-corrected chi connectivity index (χ0v) is 9.75. The van der Waals surface area contributed by atoms with Gasteiger partial charge >= 0.3 is 0 Å². The molecular formula is C11H16O3S. The maximum atomic E-state index is 9.77. The second kappa shape index (κ2) is 5.88. The molecule has 4 heteroatoms. The van der Waals surface area contributed by atoms with Gasteiger partial charge in [0.05, 0.1) is 12.0 Å². The van der Waals surface area contributed by atoms with Crippen LogP contribution in [-0.2, 0) is 0 Å². The average molecular weight is 228 g/mol. The van der Waals surface area contributed by atoms with Crippen LogP contribution in [0.3, 0.4) is 0 Å². The Hall–Kier alpha value is -0.870. The fraction of sp³-hybridized carbons (Fsp3) is 0.455. The van der Waals surface area contributed by atoms with Crippen LogP contribution in [0.25, 0.3) is 0 Å². The fourth-order valence-corrected chi connectivity index (χ4v) is 2.05. The molecule has 0 spiro atoms. The average Bonchev–Trinajstić information content (AvgIpc) is 2.27. The highest BCUT2D eigenvalue weighted by atomic mass is 32.2. The van der Waals surface area contributed by atoms with Crippen LogP contribution < -0.4 is 4.74 Å². The zero-order chi connectivity index (χ0) is 11.3. The van der Waals surface area contributed by atoms with Crippen LogP contribution in [-0.4, -0.2) is 29.7 Å². The number of para-hydroxylation sites is 1. The maximum absolute atomic E-state index is 9.77. The molecular weight excluding hydrogens is 212 g/mol. The molecule has 0 aliphatic carbocycles. The number of thioether (sulfide) groups is 1. The van der Waals surface area contributed by atoms with Crippen molar-refractivity contribution in [3.63, 3.8) is 0 Å². The molecule has 0 aliphatic rings. The van der Waals surface area contributed by atoms with Gasteiger partial charge in [0, 0.05) is 12.4 Å². The van der Waals surface area contributed by atoms with Gasteiger partial charge in [-0.2, -0.15) is 0 Å². The first-order valence-electron chi connectivity index (χ1n) is 4.78. The van der Waals surface area contributed by atoms with E-state index in [1.54, 1.807) is 6.07 Å². The molecule has 0 saturated heterocycles. The second-order valence-corrected chi connectivity index (χ2v) is 4.47. The lowest BCUT2D eigenvalue weighted by Gasteiger charge is -2.10. The van der Waals surface area contributed by atoms with Crippen LogP contribution in [0.15, 0.2) is 23.1 Å². The minimum atomic E-state index is 0.164. The van der Waals surface area contributed by atoms with Crippen LogP contribution in [0, 0.1) is 5.92 Å². The van der Waals surface area contributed by atoms with E-state index in [9.17, 15) is 5.11 Å². The molecule has 1 rings (SSSR count). The summed E-state index contributed by atoms with van der Waals surface area (Å²) in [4.78, 5) is 0.787. The summed E-state index contributed by atoms with van der Waals surface area (Å²) in [7, 11) is 1.53. The summed E-state index contributed by atoms with van der Waals surface area (Å²) in [6, 6.07) is 5.39. The van der Waals surface area contributed by atoms with E-state index in [1.807, 2.05) is 19.1 Å². The van der Waals surface area contributed by atoms with E-state index in [1.165, 1.54) is 18.9 Å². The largest absolute Gasteiger partial charge is 0.503 e. The molecule has 0 fully saturated rings. The normalized spacial score (nSPS) is 12.5. The first-order valence-corrected chi connectivity index (χ1v) is 5.77.